The van der Waals surface area contributed by atoms with Gasteiger partial charge in [-0.15, -0.1) is 0 Å². The van der Waals surface area contributed by atoms with Crippen molar-refractivity contribution in [2.75, 3.05) is 6.54 Å². The number of hydrogen-bond donors (Lipinski definition) is 2. The predicted molar refractivity (Wildman–Crippen MR) is 92.7 cm³/mol. The molecule has 22 heavy (non-hydrogen) atoms. The minimum Gasteiger partial charge on any atom is -0.362 e. The predicted octanol–water partition coefficient (Wildman–Crippen LogP) is 3.41. The zero-order valence-electron chi connectivity index (χ0n) is 13.3. The molecule has 0 unspecified atom stereocenters. The normalized spacial score (nSPS) is 21.2. The smallest absolute Gasteiger partial charge is 0.170 e. The van der Waals surface area contributed by atoms with Crippen LogP contribution < -0.4 is 5.32 Å². The van der Waals surface area contributed by atoms with Crippen molar-refractivity contribution < 1.29 is 0 Å². The molecule has 0 spiro atoms. The van der Waals surface area contributed by atoms with Gasteiger partial charge in [0.1, 0.15) is 0 Å². The first-order valence-corrected chi connectivity index (χ1v) is 8.16. The molecule has 2 N–H and O–H groups in total. The molecule has 2 atom stereocenters. The van der Waals surface area contributed by atoms with Crippen LogP contribution in [-0.2, 0) is 0 Å². The van der Waals surface area contributed by atoms with Gasteiger partial charge in [-0.1, -0.05) is 13.0 Å². The Labute approximate surface area is 136 Å². The number of nitrogens with one attached hydrogen (secondary N) is 2. The lowest BCUT2D eigenvalue weighted by atomic mass is 9.97. The Kier molecular flexibility index (Phi) is 4.16. The number of thiocarbonyl (C=S) groups is 1. The third kappa shape index (κ3) is 2.61. The van der Waals surface area contributed by atoms with E-state index in [1.807, 2.05) is 18.3 Å². The van der Waals surface area contributed by atoms with Crippen molar-refractivity contribution >= 4 is 17.3 Å². The van der Waals surface area contributed by atoms with E-state index in [1.54, 1.807) is 0 Å². The maximum atomic E-state index is 5.59. The van der Waals surface area contributed by atoms with Gasteiger partial charge in [0.25, 0.3) is 0 Å². The van der Waals surface area contributed by atoms with Crippen LogP contribution in [0.4, 0.5) is 0 Å². The number of aromatic amines is 1. The van der Waals surface area contributed by atoms with E-state index >= 15 is 0 Å². The van der Waals surface area contributed by atoms with Gasteiger partial charge in [-0.05, 0) is 56.2 Å². The number of pyridine rings is 1. The second-order valence-corrected chi connectivity index (χ2v) is 6.24. The van der Waals surface area contributed by atoms with E-state index in [-0.39, 0.29) is 12.1 Å². The molecule has 3 rings (SSSR count). The van der Waals surface area contributed by atoms with Gasteiger partial charge in [0, 0.05) is 24.1 Å². The lowest BCUT2D eigenvalue weighted by Gasteiger charge is -2.27. The van der Waals surface area contributed by atoms with Crippen molar-refractivity contribution in [2.45, 2.75) is 39.3 Å². The molecule has 0 aromatic carbocycles. The van der Waals surface area contributed by atoms with Crippen LogP contribution in [0.15, 0.2) is 30.5 Å². The summed E-state index contributed by atoms with van der Waals surface area (Å²) in [6, 6.07) is 8.55. The van der Waals surface area contributed by atoms with E-state index in [2.05, 4.69) is 53.1 Å². The molecule has 3 heterocycles. The van der Waals surface area contributed by atoms with Gasteiger partial charge in [0.15, 0.2) is 5.11 Å². The van der Waals surface area contributed by atoms with Crippen LogP contribution in [0.3, 0.4) is 0 Å². The summed E-state index contributed by atoms with van der Waals surface area (Å²) in [5.41, 5.74) is 4.72. The Morgan fingerprint density at radius 2 is 2.14 bits per heavy atom. The highest BCUT2D eigenvalue weighted by atomic mass is 32.1. The first kappa shape index (κ1) is 15.0. The van der Waals surface area contributed by atoms with E-state index in [0.29, 0.717) is 0 Å². The number of nitrogens with zero attached hydrogens (tertiary/aromatic N) is 2. The largest absolute Gasteiger partial charge is 0.362 e. The maximum Gasteiger partial charge on any atom is 0.170 e. The van der Waals surface area contributed by atoms with Crippen LogP contribution in [0, 0.1) is 13.8 Å². The summed E-state index contributed by atoms with van der Waals surface area (Å²) >= 11 is 5.59. The van der Waals surface area contributed by atoms with Crippen molar-refractivity contribution in [2.24, 2.45) is 0 Å². The Morgan fingerprint density at radius 3 is 2.73 bits per heavy atom. The van der Waals surface area contributed by atoms with E-state index < -0.39 is 0 Å². The van der Waals surface area contributed by atoms with Gasteiger partial charge in [-0.3, -0.25) is 4.98 Å². The lowest BCUT2D eigenvalue weighted by molar-refractivity contribution is 0.317. The Hall–Kier alpha value is -1.88. The number of hydrogen-bond acceptors (Lipinski definition) is 2. The quantitative estimate of drug-likeness (QED) is 0.849. The lowest BCUT2D eigenvalue weighted by Crippen LogP contribution is -2.30. The summed E-state index contributed by atoms with van der Waals surface area (Å²) in [6.07, 6.45) is 2.91. The van der Waals surface area contributed by atoms with Crippen LogP contribution in [0.5, 0.6) is 0 Å². The fourth-order valence-corrected chi connectivity index (χ4v) is 3.61. The number of rotatable bonds is 4. The van der Waals surface area contributed by atoms with Crippen LogP contribution in [0.2, 0.25) is 0 Å². The van der Waals surface area contributed by atoms with E-state index in [1.165, 1.54) is 17.0 Å². The Morgan fingerprint density at radius 1 is 1.32 bits per heavy atom. The van der Waals surface area contributed by atoms with Crippen molar-refractivity contribution in [1.82, 2.24) is 20.2 Å². The first-order chi connectivity index (χ1) is 10.6. The van der Waals surface area contributed by atoms with E-state index in [0.717, 1.165) is 23.8 Å². The summed E-state index contributed by atoms with van der Waals surface area (Å²) in [5.74, 6) is 0. The highest BCUT2D eigenvalue weighted by molar-refractivity contribution is 7.80. The molecule has 1 saturated heterocycles. The molecule has 0 saturated carbocycles. The van der Waals surface area contributed by atoms with Crippen molar-refractivity contribution in [3.63, 3.8) is 0 Å². The fraction of sp³-hybridized carbons (Fsp3) is 0.412. The Bertz CT molecular complexity index is 665. The second kappa shape index (κ2) is 6.08. The molecule has 0 amide bonds. The molecule has 116 valence electrons. The first-order valence-electron chi connectivity index (χ1n) is 7.76. The maximum absolute atomic E-state index is 5.59. The standard InChI is InChI=1S/C17H22N4S/c1-4-9-21-16(13-10-11(2)19-12(13)3)15(20-17(21)22)14-7-5-6-8-18-14/h5-8,10,15-16,19H,4,9H2,1-3H3,(H,20,22)/t15-,16-/m1/s1. The monoisotopic (exact) mass is 314 g/mol. The van der Waals surface area contributed by atoms with Gasteiger partial charge >= 0.3 is 0 Å². The molecule has 2 aromatic heterocycles. The highest BCUT2D eigenvalue weighted by Gasteiger charge is 2.40. The molecular formula is C17H22N4S. The highest BCUT2D eigenvalue weighted by Crippen LogP contribution is 2.39. The zero-order valence-corrected chi connectivity index (χ0v) is 14.1. The van der Waals surface area contributed by atoms with Gasteiger partial charge in [0.2, 0.25) is 0 Å². The van der Waals surface area contributed by atoms with Gasteiger partial charge in [0.05, 0.1) is 17.8 Å². The van der Waals surface area contributed by atoms with E-state index in [4.69, 9.17) is 12.2 Å². The van der Waals surface area contributed by atoms with Crippen LogP contribution in [-0.4, -0.2) is 26.5 Å². The second-order valence-electron chi connectivity index (χ2n) is 5.85. The van der Waals surface area contributed by atoms with Gasteiger partial charge < -0.3 is 15.2 Å². The molecule has 1 aliphatic rings. The minimum absolute atomic E-state index is 0.0918. The molecule has 0 bridgehead atoms. The molecule has 1 fully saturated rings. The molecular weight excluding hydrogens is 292 g/mol. The molecule has 4 nitrogen and oxygen atoms in total. The van der Waals surface area contributed by atoms with Crippen molar-refractivity contribution in [3.05, 3.63) is 53.1 Å². The summed E-state index contributed by atoms with van der Waals surface area (Å²) in [5, 5.41) is 4.29. The van der Waals surface area contributed by atoms with Gasteiger partial charge in [-0.2, -0.15) is 0 Å². The summed E-state index contributed by atoms with van der Waals surface area (Å²) in [7, 11) is 0. The molecule has 1 aliphatic heterocycles. The Balaban J connectivity index is 2.05. The average molecular weight is 314 g/mol. The van der Waals surface area contributed by atoms with Gasteiger partial charge in [-0.25, -0.2) is 0 Å². The summed E-state index contributed by atoms with van der Waals surface area (Å²) < 4.78 is 0. The number of aryl methyl sites for hydroxylation is 2. The molecule has 0 aliphatic carbocycles. The summed E-state index contributed by atoms with van der Waals surface area (Å²) in [6.45, 7) is 7.35. The topological polar surface area (TPSA) is 44.0 Å². The SMILES string of the molecule is CCCN1C(=S)N[C@H](c2ccccn2)[C@H]1c1cc(C)[nH]c1C. The summed E-state index contributed by atoms with van der Waals surface area (Å²) in [4.78, 5) is 10.3. The van der Waals surface area contributed by atoms with Crippen molar-refractivity contribution in [3.8, 4) is 0 Å². The van der Waals surface area contributed by atoms with Crippen molar-refractivity contribution in [1.29, 1.82) is 0 Å². The fourth-order valence-electron chi connectivity index (χ4n) is 3.28. The zero-order chi connectivity index (χ0) is 15.7. The van der Waals surface area contributed by atoms with Crippen LogP contribution in [0.1, 0.15) is 48.1 Å². The van der Waals surface area contributed by atoms with Crippen LogP contribution >= 0.6 is 12.2 Å². The molecule has 5 heteroatoms. The minimum atomic E-state index is 0.0918. The van der Waals surface area contributed by atoms with E-state index in [9.17, 15) is 0 Å². The molecule has 0 radical (unpaired) electrons. The van der Waals surface area contributed by atoms with Crippen LogP contribution in [0.25, 0.3) is 0 Å². The average Bonchev–Trinajstić information content (AvgIpc) is 3.00. The third-order valence-electron chi connectivity index (χ3n) is 4.17. The third-order valence-corrected chi connectivity index (χ3v) is 4.52. The number of aromatic nitrogens is 2. The molecule has 2 aromatic rings. The number of H-pyrrole nitrogens is 1.